The number of esters is 2. The zero-order valence-corrected chi connectivity index (χ0v) is 17.0. The molecule has 0 aromatic heterocycles. The molecule has 0 fully saturated rings. The number of carbonyl (C=O) groups is 2. The van der Waals surface area contributed by atoms with E-state index in [-0.39, 0.29) is 29.3 Å². The lowest BCUT2D eigenvalue weighted by Crippen LogP contribution is -2.05. The maximum atomic E-state index is 11.8. The van der Waals surface area contributed by atoms with Crippen LogP contribution in [0.25, 0.3) is 0 Å². The Morgan fingerprint density at radius 2 is 1.57 bits per heavy atom. The summed E-state index contributed by atoms with van der Waals surface area (Å²) in [5.41, 5.74) is 0.329. The quantitative estimate of drug-likeness (QED) is 0.176. The fraction of sp³-hybridized carbons (Fsp3) is 0.600. The molecular weight excluding hydrogens is 386 g/mol. The summed E-state index contributed by atoms with van der Waals surface area (Å²) in [5.74, 6) is -0.452. The van der Waals surface area contributed by atoms with Crippen molar-refractivity contribution in [1.29, 1.82) is 0 Å². The summed E-state index contributed by atoms with van der Waals surface area (Å²) in [7, 11) is 0. The van der Waals surface area contributed by atoms with Crippen molar-refractivity contribution in [3.05, 3.63) is 38.9 Å². The van der Waals surface area contributed by atoms with Crippen LogP contribution in [0.4, 0.5) is 5.69 Å². The van der Waals surface area contributed by atoms with Crippen LogP contribution in [-0.2, 0) is 25.7 Å². The van der Waals surface area contributed by atoms with E-state index < -0.39 is 4.92 Å². The maximum absolute atomic E-state index is 11.8. The predicted molar refractivity (Wildman–Crippen MR) is 106 cm³/mol. The molecule has 0 saturated carbocycles. The molecule has 1 rings (SSSR count). The number of nitro groups is 1. The van der Waals surface area contributed by atoms with Crippen LogP contribution < -0.4 is 0 Å². The van der Waals surface area contributed by atoms with Crippen LogP contribution in [0, 0.1) is 10.1 Å². The van der Waals surface area contributed by atoms with E-state index in [4.69, 9.17) is 21.1 Å². The topological polar surface area (TPSA) is 95.7 Å². The standard InChI is InChI=1S/C20H28ClNO6/c1-2-13-27-19(23)9-7-5-3-4-6-8-10-20(24)28-15-16-11-12-17(21)18(14-16)22(25)26/h11-12,14H,2-10,13,15H2,1H3. The molecule has 0 N–H and O–H groups in total. The first-order valence-electron chi connectivity index (χ1n) is 9.68. The first-order chi connectivity index (χ1) is 13.4. The van der Waals surface area contributed by atoms with Crippen LogP contribution >= 0.6 is 11.6 Å². The number of hydrogen-bond acceptors (Lipinski definition) is 6. The number of halogens is 1. The van der Waals surface area contributed by atoms with Crippen LogP contribution in [-0.4, -0.2) is 23.5 Å². The van der Waals surface area contributed by atoms with Crippen LogP contribution in [0.5, 0.6) is 0 Å². The largest absolute Gasteiger partial charge is 0.466 e. The normalized spacial score (nSPS) is 10.5. The highest BCUT2D eigenvalue weighted by Gasteiger charge is 2.13. The molecule has 1 aromatic carbocycles. The van der Waals surface area contributed by atoms with Crippen molar-refractivity contribution in [1.82, 2.24) is 0 Å². The van der Waals surface area contributed by atoms with E-state index in [1.807, 2.05) is 6.92 Å². The minimum absolute atomic E-state index is 0.00896. The summed E-state index contributed by atoms with van der Waals surface area (Å²) in [5, 5.41) is 10.9. The molecular formula is C20H28ClNO6. The van der Waals surface area contributed by atoms with Gasteiger partial charge in [-0.15, -0.1) is 0 Å². The molecule has 0 saturated heterocycles. The van der Waals surface area contributed by atoms with Crippen molar-refractivity contribution in [2.45, 2.75) is 71.3 Å². The summed E-state index contributed by atoms with van der Waals surface area (Å²) in [6.07, 6.45) is 7.10. The van der Waals surface area contributed by atoms with E-state index in [1.54, 1.807) is 6.07 Å². The second-order valence-electron chi connectivity index (χ2n) is 6.55. The van der Waals surface area contributed by atoms with Crippen LogP contribution in [0.1, 0.15) is 70.3 Å². The van der Waals surface area contributed by atoms with E-state index in [9.17, 15) is 19.7 Å². The molecule has 1 aromatic rings. The third-order valence-corrected chi connectivity index (χ3v) is 4.41. The number of ether oxygens (including phenoxy) is 2. The lowest BCUT2D eigenvalue weighted by Gasteiger charge is -2.06. The number of benzene rings is 1. The molecule has 156 valence electrons. The van der Waals surface area contributed by atoms with Crippen LogP contribution in [0.15, 0.2) is 18.2 Å². The Hall–Kier alpha value is -2.15. The van der Waals surface area contributed by atoms with Gasteiger partial charge in [-0.3, -0.25) is 19.7 Å². The number of carbonyl (C=O) groups excluding carboxylic acids is 2. The van der Waals surface area contributed by atoms with E-state index in [0.29, 0.717) is 25.0 Å². The molecule has 0 unspecified atom stereocenters. The second-order valence-corrected chi connectivity index (χ2v) is 6.95. The Morgan fingerprint density at radius 1 is 1.00 bits per heavy atom. The fourth-order valence-corrected chi connectivity index (χ4v) is 2.74. The third kappa shape index (κ3) is 10.3. The third-order valence-electron chi connectivity index (χ3n) is 4.09. The first kappa shape index (κ1) is 23.9. The van der Waals surface area contributed by atoms with Crippen molar-refractivity contribution in [2.24, 2.45) is 0 Å². The van der Waals surface area contributed by atoms with Gasteiger partial charge in [-0.1, -0.05) is 50.3 Å². The fourth-order valence-electron chi connectivity index (χ4n) is 2.56. The molecule has 0 aliphatic carbocycles. The lowest BCUT2D eigenvalue weighted by molar-refractivity contribution is -0.384. The molecule has 0 heterocycles. The second kappa shape index (κ2) is 13.9. The molecule has 0 amide bonds. The Bertz CT molecular complexity index is 650. The van der Waals surface area contributed by atoms with E-state index in [2.05, 4.69) is 0 Å². The molecule has 0 spiro atoms. The summed E-state index contributed by atoms with van der Waals surface area (Å²) < 4.78 is 10.2. The Balaban J connectivity index is 2.08. The van der Waals surface area contributed by atoms with Crippen molar-refractivity contribution >= 4 is 29.2 Å². The van der Waals surface area contributed by atoms with Gasteiger partial charge in [-0.05, 0) is 30.9 Å². The van der Waals surface area contributed by atoms with E-state index in [1.165, 1.54) is 12.1 Å². The van der Waals surface area contributed by atoms with Gasteiger partial charge in [0.15, 0.2) is 0 Å². The zero-order chi connectivity index (χ0) is 20.8. The van der Waals surface area contributed by atoms with Gasteiger partial charge < -0.3 is 9.47 Å². The first-order valence-corrected chi connectivity index (χ1v) is 10.1. The highest BCUT2D eigenvalue weighted by molar-refractivity contribution is 6.32. The monoisotopic (exact) mass is 413 g/mol. The average molecular weight is 414 g/mol. The van der Waals surface area contributed by atoms with E-state index in [0.717, 1.165) is 44.9 Å². The maximum Gasteiger partial charge on any atom is 0.306 e. The minimum atomic E-state index is -0.568. The van der Waals surface area contributed by atoms with Crippen molar-refractivity contribution < 1.29 is 24.0 Å². The van der Waals surface area contributed by atoms with Gasteiger partial charge in [0.2, 0.25) is 0 Å². The Labute approximate surface area is 170 Å². The van der Waals surface area contributed by atoms with Crippen molar-refractivity contribution in [3.63, 3.8) is 0 Å². The Morgan fingerprint density at radius 3 is 2.14 bits per heavy atom. The highest BCUT2D eigenvalue weighted by Crippen LogP contribution is 2.25. The van der Waals surface area contributed by atoms with Crippen molar-refractivity contribution in [2.75, 3.05) is 6.61 Å². The van der Waals surface area contributed by atoms with E-state index >= 15 is 0 Å². The van der Waals surface area contributed by atoms with Gasteiger partial charge in [0.1, 0.15) is 11.6 Å². The predicted octanol–water partition coefficient (Wildman–Crippen LogP) is 5.37. The van der Waals surface area contributed by atoms with Crippen LogP contribution in [0.3, 0.4) is 0 Å². The van der Waals surface area contributed by atoms with Crippen molar-refractivity contribution in [3.8, 4) is 0 Å². The van der Waals surface area contributed by atoms with Gasteiger partial charge >= 0.3 is 11.9 Å². The highest BCUT2D eigenvalue weighted by atomic mass is 35.5. The van der Waals surface area contributed by atoms with Crippen LogP contribution in [0.2, 0.25) is 5.02 Å². The molecule has 0 atom stereocenters. The zero-order valence-electron chi connectivity index (χ0n) is 16.3. The summed E-state index contributed by atoms with van der Waals surface area (Å²) in [6.45, 7) is 2.45. The summed E-state index contributed by atoms with van der Waals surface area (Å²) in [4.78, 5) is 33.4. The molecule has 0 radical (unpaired) electrons. The van der Waals surface area contributed by atoms with Gasteiger partial charge in [-0.25, -0.2) is 0 Å². The van der Waals surface area contributed by atoms with Gasteiger partial charge in [0.05, 0.1) is 11.5 Å². The van der Waals surface area contributed by atoms with Gasteiger partial charge in [0, 0.05) is 18.9 Å². The number of hydrogen-bond donors (Lipinski definition) is 0. The Kier molecular flexibility index (Phi) is 11.9. The molecule has 28 heavy (non-hydrogen) atoms. The molecule has 0 bridgehead atoms. The SMILES string of the molecule is CCCOC(=O)CCCCCCCCC(=O)OCc1ccc(Cl)c([N+](=O)[O-])c1. The number of nitrogens with zero attached hydrogens (tertiary/aromatic N) is 1. The molecule has 0 aliphatic rings. The summed E-state index contributed by atoms with van der Waals surface area (Å²) >= 11 is 5.75. The summed E-state index contributed by atoms with van der Waals surface area (Å²) in [6, 6.07) is 4.33. The number of nitro benzene ring substituents is 1. The molecule has 7 nitrogen and oxygen atoms in total. The average Bonchev–Trinajstić information content (AvgIpc) is 2.67. The lowest BCUT2D eigenvalue weighted by atomic mass is 10.1. The van der Waals surface area contributed by atoms with Gasteiger partial charge in [-0.2, -0.15) is 0 Å². The number of unbranched alkanes of at least 4 members (excludes halogenated alkanes) is 5. The molecule has 8 heteroatoms. The smallest absolute Gasteiger partial charge is 0.306 e. The number of rotatable bonds is 14. The minimum Gasteiger partial charge on any atom is -0.466 e. The molecule has 0 aliphatic heterocycles. The van der Waals surface area contributed by atoms with Gasteiger partial charge in [0.25, 0.3) is 5.69 Å².